The van der Waals surface area contributed by atoms with Gasteiger partial charge in [0.15, 0.2) is 0 Å². The second-order valence-electron chi connectivity index (χ2n) is 5.28. The van der Waals surface area contributed by atoms with Crippen LogP contribution in [0.15, 0.2) is 36.7 Å². The van der Waals surface area contributed by atoms with Crippen LogP contribution in [-0.4, -0.2) is 39.1 Å². The van der Waals surface area contributed by atoms with Gasteiger partial charge in [0, 0.05) is 18.5 Å². The largest absolute Gasteiger partial charge is 0.497 e. The first kappa shape index (κ1) is 14.1. The number of methoxy groups -OCH3 is 1. The van der Waals surface area contributed by atoms with E-state index in [2.05, 4.69) is 4.98 Å². The van der Waals surface area contributed by atoms with Crippen molar-refractivity contribution in [1.29, 1.82) is 0 Å². The average Bonchev–Trinajstić information content (AvgIpc) is 2.94. The van der Waals surface area contributed by atoms with Crippen LogP contribution in [0.1, 0.15) is 42.5 Å². The van der Waals surface area contributed by atoms with Crippen LogP contribution in [0.3, 0.4) is 0 Å². The van der Waals surface area contributed by atoms with E-state index in [1.54, 1.807) is 12.1 Å². The third kappa shape index (κ3) is 1.66. The van der Waals surface area contributed by atoms with E-state index in [1.807, 2.05) is 0 Å². The summed E-state index contributed by atoms with van der Waals surface area (Å²) < 4.78 is 6.53. The van der Waals surface area contributed by atoms with Crippen molar-refractivity contribution in [1.82, 2.24) is 9.38 Å². The first-order valence-corrected chi connectivity index (χ1v) is 7.04. The number of hydrogen-bond acceptors (Lipinski definition) is 5. The number of pyridine rings is 2. The highest BCUT2D eigenvalue weighted by Crippen LogP contribution is 2.34. The summed E-state index contributed by atoms with van der Waals surface area (Å²) in [5, 5.41) is 9.61. The van der Waals surface area contributed by atoms with Crippen LogP contribution in [0.5, 0.6) is 5.75 Å². The highest BCUT2D eigenvalue weighted by atomic mass is 16.5. The molecule has 0 spiro atoms. The zero-order valence-electron chi connectivity index (χ0n) is 12.4. The first-order chi connectivity index (χ1) is 11.5. The first-order valence-electron chi connectivity index (χ1n) is 7.04. The predicted octanol–water partition coefficient (Wildman–Crippen LogP) is 1.82. The fourth-order valence-corrected chi connectivity index (χ4v) is 3.04. The Labute approximate surface area is 135 Å². The molecule has 0 radical (unpaired) electrons. The summed E-state index contributed by atoms with van der Waals surface area (Å²) in [4.78, 5) is 41.3. The van der Waals surface area contributed by atoms with Gasteiger partial charge >= 0.3 is 5.97 Å². The van der Waals surface area contributed by atoms with Crippen LogP contribution < -0.4 is 4.74 Å². The third-order valence-corrected chi connectivity index (χ3v) is 4.07. The molecule has 0 fully saturated rings. The Balaban J connectivity index is 2.17. The van der Waals surface area contributed by atoms with Gasteiger partial charge in [0.1, 0.15) is 17.1 Å². The van der Waals surface area contributed by atoms with Crippen molar-refractivity contribution in [3.05, 3.63) is 64.7 Å². The molecule has 1 aliphatic rings. The van der Waals surface area contributed by atoms with E-state index < -0.39 is 17.5 Å². The van der Waals surface area contributed by atoms with Crippen molar-refractivity contribution in [3.8, 4) is 5.75 Å². The van der Waals surface area contributed by atoms with Gasteiger partial charge in [0.25, 0.3) is 0 Å². The normalized spacial score (nSPS) is 12.9. The molecule has 0 bridgehead atoms. The van der Waals surface area contributed by atoms with Gasteiger partial charge in [-0.15, -0.1) is 0 Å². The molecular formula is C17H10N2O5. The van der Waals surface area contributed by atoms with Crippen molar-refractivity contribution in [2.24, 2.45) is 0 Å². The van der Waals surface area contributed by atoms with Gasteiger partial charge in [0.2, 0.25) is 11.6 Å². The van der Waals surface area contributed by atoms with Crippen LogP contribution in [0, 0.1) is 0 Å². The lowest BCUT2D eigenvalue weighted by molar-refractivity contribution is 0.0695. The fraction of sp³-hybridized carbons (Fsp3) is 0.0588. The summed E-state index contributed by atoms with van der Waals surface area (Å²) in [6.07, 6.45) is 2.92. The minimum absolute atomic E-state index is 0.0274. The van der Waals surface area contributed by atoms with Crippen LogP contribution in [0.4, 0.5) is 0 Å². The monoisotopic (exact) mass is 322 g/mol. The molecule has 3 aromatic heterocycles. The number of carbonyl (C=O) groups excluding carboxylic acids is 2. The number of carboxylic acid groups (broad SMARTS) is 1. The summed E-state index contributed by atoms with van der Waals surface area (Å²) >= 11 is 0. The molecule has 7 nitrogen and oxygen atoms in total. The number of fused-ring (bicyclic) bond motifs is 4. The summed E-state index contributed by atoms with van der Waals surface area (Å²) in [5.41, 5.74) is 0.0462. The Bertz CT molecular complexity index is 1060. The highest BCUT2D eigenvalue weighted by molar-refractivity contribution is 6.31. The summed E-state index contributed by atoms with van der Waals surface area (Å²) in [7, 11) is 1.45. The molecule has 3 aromatic rings. The number of hydrogen-bond donors (Lipinski definition) is 1. The van der Waals surface area contributed by atoms with Crippen molar-refractivity contribution >= 4 is 23.1 Å². The van der Waals surface area contributed by atoms with Crippen molar-refractivity contribution < 1.29 is 24.2 Å². The Morgan fingerprint density at radius 1 is 1.25 bits per heavy atom. The lowest BCUT2D eigenvalue weighted by Gasteiger charge is -2.14. The zero-order valence-corrected chi connectivity index (χ0v) is 12.4. The van der Waals surface area contributed by atoms with E-state index in [9.17, 15) is 19.5 Å². The van der Waals surface area contributed by atoms with E-state index >= 15 is 0 Å². The molecule has 1 N–H and O–H groups in total. The minimum atomic E-state index is -1.29. The lowest BCUT2D eigenvalue weighted by Crippen LogP contribution is -2.23. The molecule has 0 unspecified atom stereocenters. The van der Waals surface area contributed by atoms with E-state index in [4.69, 9.17) is 4.74 Å². The van der Waals surface area contributed by atoms with Gasteiger partial charge in [0.05, 0.1) is 29.3 Å². The van der Waals surface area contributed by atoms with Crippen molar-refractivity contribution in [2.45, 2.75) is 0 Å². The Morgan fingerprint density at radius 3 is 2.75 bits per heavy atom. The molecule has 0 saturated heterocycles. The molecule has 7 heteroatoms. The van der Waals surface area contributed by atoms with Crippen LogP contribution in [-0.2, 0) is 0 Å². The van der Waals surface area contributed by atoms with Gasteiger partial charge in [-0.1, -0.05) is 0 Å². The topological polar surface area (TPSA) is 98.0 Å². The molecule has 1 aliphatic carbocycles. The van der Waals surface area contributed by atoms with Gasteiger partial charge < -0.3 is 14.2 Å². The molecular weight excluding hydrogens is 312 g/mol. The number of rotatable bonds is 2. The number of aromatic carboxylic acids is 1. The van der Waals surface area contributed by atoms with Gasteiger partial charge in [-0.05, 0) is 18.2 Å². The molecule has 0 aliphatic heterocycles. The van der Waals surface area contributed by atoms with E-state index in [0.29, 0.717) is 5.75 Å². The maximum absolute atomic E-state index is 12.8. The molecule has 0 atom stereocenters. The minimum Gasteiger partial charge on any atom is -0.497 e. The fourth-order valence-electron chi connectivity index (χ4n) is 3.04. The second-order valence-corrected chi connectivity index (χ2v) is 5.28. The van der Waals surface area contributed by atoms with Crippen LogP contribution in [0.2, 0.25) is 0 Å². The standard InChI is InChI=1S/C17H10N2O5/c1-24-8-4-6-19-10(7-8)11(17(22)23)12-14(19)15(20)9-3-2-5-18-13(9)16(12)21/h2-7H,1H3,(H,22,23). The predicted molar refractivity (Wildman–Crippen MR) is 82.0 cm³/mol. The third-order valence-electron chi connectivity index (χ3n) is 4.07. The smallest absolute Gasteiger partial charge is 0.338 e. The molecule has 0 aromatic carbocycles. The maximum Gasteiger partial charge on any atom is 0.338 e. The van der Waals surface area contributed by atoms with Gasteiger partial charge in [-0.25, -0.2) is 4.79 Å². The summed E-state index contributed by atoms with van der Waals surface area (Å²) in [6, 6.07) is 6.15. The number of nitrogens with zero attached hydrogens (tertiary/aromatic N) is 2. The zero-order chi connectivity index (χ0) is 17.0. The molecule has 4 rings (SSSR count). The number of ketones is 2. The van der Waals surface area contributed by atoms with E-state index in [-0.39, 0.29) is 33.6 Å². The average molecular weight is 322 g/mol. The lowest BCUT2D eigenvalue weighted by atomic mass is 9.89. The molecule has 24 heavy (non-hydrogen) atoms. The maximum atomic E-state index is 12.8. The van der Waals surface area contributed by atoms with Crippen molar-refractivity contribution in [2.75, 3.05) is 7.11 Å². The number of carboxylic acids is 1. The molecule has 0 saturated carbocycles. The second kappa shape index (κ2) is 4.76. The quantitative estimate of drug-likeness (QED) is 0.604. The van der Waals surface area contributed by atoms with Gasteiger partial charge in [-0.2, -0.15) is 0 Å². The number of carbonyl (C=O) groups is 3. The van der Waals surface area contributed by atoms with E-state index in [1.165, 1.54) is 36.0 Å². The number of ether oxygens (including phenoxy) is 1. The Morgan fingerprint density at radius 2 is 2.04 bits per heavy atom. The SMILES string of the molecule is COc1ccn2c3c(c(C(=O)O)c2c1)C(=O)c1ncccc1C3=O. The molecule has 0 amide bonds. The molecule has 3 heterocycles. The van der Waals surface area contributed by atoms with E-state index in [0.717, 1.165) is 0 Å². The highest BCUT2D eigenvalue weighted by Gasteiger charge is 2.38. The van der Waals surface area contributed by atoms with Gasteiger partial charge in [-0.3, -0.25) is 14.6 Å². The molecule has 118 valence electrons. The Hall–Kier alpha value is -3.48. The summed E-state index contributed by atoms with van der Waals surface area (Å²) in [5.74, 6) is -1.86. The van der Waals surface area contributed by atoms with Crippen LogP contribution >= 0.6 is 0 Å². The van der Waals surface area contributed by atoms with Crippen molar-refractivity contribution in [3.63, 3.8) is 0 Å². The summed E-state index contributed by atoms with van der Waals surface area (Å²) in [6.45, 7) is 0. The van der Waals surface area contributed by atoms with Crippen LogP contribution in [0.25, 0.3) is 5.52 Å². The Kier molecular flexibility index (Phi) is 2.80. The number of aromatic nitrogens is 2.